The number of aliphatic hydroxyl groups excluding tert-OH is 8. The van der Waals surface area contributed by atoms with Crippen molar-refractivity contribution >= 4 is 0 Å². The zero-order valence-electron chi connectivity index (χ0n) is 42.1. The van der Waals surface area contributed by atoms with Gasteiger partial charge in [0.25, 0.3) is 0 Å². The third-order valence-corrected chi connectivity index (χ3v) is 18.4. The molecule has 80 heavy (non-hydrogen) atoms. The van der Waals surface area contributed by atoms with Crippen LogP contribution in [-0.2, 0) is 114 Å². The molecule has 18 fully saturated rings. The quantitative estimate of drug-likeness (QED) is 0.105. The molecular weight excluding hydrogens is 1090 g/mol. The van der Waals surface area contributed by atoms with Crippen LogP contribution in [-0.4, -0.2) is 339 Å². The zero-order valence-corrected chi connectivity index (χ0v) is 42.1. The van der Waals surface area contributed by atoms with Gasteiger partial charge in [-0.05, 0) is 0 Å². The molecule has 32 nitrogen and oxygen atoms in total. The molecule has 8 N–H and O–H groups in total. The lowest BCUT2D eigenvalue weighted by Crippen LogP contribution is -2.59. The van der Waals surface area contributed by atoms with Crippen LogP contribution in [0.3, 0.4) is 0 Å². The van der Waals surface area contributed by atoms with Crippen molar-refractivity contribution in [2.24, 2.45) is 0 Å². The van der Waals surface area contributed by atoms with Crippen LogP contribution in [0.1, 0.15) is 0 Å². The van der Waals surface area contributed by atoms with Crippen molar-refractivity contribution in [3.05, 3.63) is 0 Å². The molecule has 0 amide bonds. The van der Waals surface area contributed by atoms with Gasteiger partial charge in [0.1, 0.15) is 195 Å². The predicted molar refractivity (Wildman–Crippen MR) is 234 cm³/mol. The minimum atomic E-state index is -1.03. The second kappa shape index (κ2) is 20.1. The first-order chi connectivity index (χ1) is 39.2. The van der Waals surface area contributed by atoms with Gasteiger partial charge in [-0.3, -0.25) is 0 Å². The summed E-state index contributed by atoms with van der Waals surface area (Å²) in [5, 5.41) is 84.8. The van der Waals surface area contributed by atoms with Crippen LogP contribution in [0.25, 0.3) is 0 Å². The van der Waals surface area contributed by atoms with E-state index in [0.717, 1.165) is 0 Å². The van der Waals surface area contributed by atoms with Crippen molar-refractivity contribution in [2.75, 3.05) is 52.9 Å². The lowest BCUT2D eigenvalue weighted by atomic mass is 10.0. The first-order valence-corrected chi connectivity index (χ1v) is 27.8. The van der Waals surface area contributed by atoms with E-state index in [1.807, 2.05) is 0 Å². The van der Waals surface area contributed by atoms with Crippen LogP contribution in [0.5, 0.6) is 0 Å². The minimum absolute atomic E-state index is 0.501. The fourth-order valence-electron chi connectivity index (χ4n) is 13.9. The largest absolute Gasteiger partial charge is 0.394 e. The summed E-state index contributed by atoms with van der Waals surface area (Å²) in [5.74, 6) is 0. The number of ether oxygens (including phenoxy) is 24. The highest BCUT2D eigenvalue weighted by Gasteiger charge is 2.72. The molecule has 0 aromatic carbocycles. The molecule has 0 saturated carbocycles. The molecule has 18 aliphatic rings. The summed E-state index contributed by atoms with van der Waals surface area (Å²) in [6.45, 7) is -4.01. The van der Waals surface area contributed by atoms with E-state index in [-0.39, 0.29) is 0 Å². The van der Waals surface area contributed by atoms with E-state index in [2.05, 4.69) is 0 Å². The molecule has 0 unspecified atom stereocenters. The second-order valence-electron chi connectivity index (χ2n) is 23.1. The molecule has 18 heterocycles. The number of hydrogen-bond acceptors (Lipinski definition) is 32. The van der Waals surface area contributed by atoms with Crippen molar-refractivity contribution in [2.45, 2.75) is 246 Å². The number of hydrogen-bond donors (Lipinski definition) is 8. The molecule has 448 valence electrons. The van der Waals surface area contributed by atoms with E-state index in [0.29, 0.717) is 0 Å². The number of epoxide rings is 8. The van der Waals surface area contributed by atoms with Gasteiger partial charge in [-0.2, -0.15) is 0 Å². The Bertz CT molecular complexity index is 1830. The molecule has 18 rings (SSSR count). The van der Waals surface area contributed by atoms with Gasteiger partial charge in [0.05, 0.1) is 52.9 Å². The van der Waals surface area contributed by atoms with E-state index in [4.69, 9.17) is 114 Å². The van der Waals surface area contributed by atoms with E-state index in [1.54, 1.807) is 0 Å². The normalized spacial score (nSPS) is 62.7. The Kier molecular flexibility index (Phi) is 13.3. The molecule has 0 aromatic rings. The van der Waals surface area contributed by atoms with Gasteiger partial charge in [-0.1, -0.05) is 0 Å². The second-order valence-corrected chi connectivity index (χ2v) is 23.1. The van der Waals surface area contributed by atoms with Crippen molar-refractivity contribution in [1.29, 1.82) is 0 Å². The summed E-state index contributed by atoms with van der Waals surface area (Å²) in [6, 6.07) is 0. The smallest absolute Gasteiger partial charge is 0.187 e. The summed E-state index contributed by atoms with van der Waals surface area (Å²) < 4.78 is 150. The average molecular weight is 1150 g/mol. The van der Waals surface area contributed by atoms with Crippen molar-refractivity contribution in [3.8, 4) is 0 Å². The first-order valence-electron chi connectivity index (χ1n) is 27.8. The fraction of sp³-hybridized carbons (Fsp3) is 1.00. The van der Waals surface area contributed by atoms with Gasteiger partial charge >= 0.3 is 0 Å². The minimum Gasteiger partial charge on any atom is -0.394 e. The van der Waals surface area contributed by atoms with Crippen LogP contribution >= 0.6 is 0 Å². The lowest BCUT2D eigenvalue weighted by Gasteiger charge is -2.41. The average Bonchev–Trinajstić information content (AvgIpc) is 4.37. The molecule has 18 aliphatic heterocycles. The Labute approximate surface area is 452 Å². The number of rotatable bonds is 8. The van der Waals surface area contributed by atoms with Crippen molar-refractivity contribution in [3.63, 3.8) is 0 Å². The van der Waals surface area contributed by atoms with Gasteiger partial charge in [0, 0.05) is 0 Å². The molecule has 0 aliphatic carbocycles. The summed E-state index contributed by atoms with van der Waals surface area (Å²) in [6.07, 6.45) is -33.1. The maximum absolute atomic E-state index is 10.6. The standard InChI is InChI=1S/C48H64O32/c49-1-9-17-25-33(65-25)41(57-9)74-18-10(2-50)59-43(35-26(18)67-35)76-20-12(4-52)61-45(37-28(20)69-37)78-22-14(6-54)63-47(39-30(22)71-39)80-24-16(8-56)64-48(40-32(24)72-40)79-23-15(7-55)62-46(38-31(23)70-38)77-21-13(5-53)60-44(36-29(21)68-36)75-19-11(3-51)58-42(73-17)34-27(19)66-34/h9-56H,1-8H2/t9-,10-,11-,12-,13-,14-,15-,16-,17-,18-,19-,20-,21-,22-,23-,24-,25+,26+,27+,28+,29+,30+,31+,32+,33+,34+,35+,36+,37+,38+,39+,40+,41-,42-,43-,44-,45-,46-,47-,48-/m1/s1. The highest BCUT2D eigenvalue weighted by molar-refractivity contribution is 5.13. The van der Waals surface area contributed by atoms with Crippen LogP contribution in [0.15, 0.2) is 0 Å². The van der Waals surface area contributed by atoms with Gasteiger partial charge in [0.2, 0.25) is 0 Å². The van der Waals surface area contributed by atoms with Crippen molar-refractivity contribution in [1.82, 2.24) is 0 Å². The summed E-state index contributed by atoms with van der Waals surface area (Å²) in [7, 11) is 0. The Morgan fingerprint density at radius 3 is 0.338 bits per heavy atom. The maximum atomic E-state index is 10.6. The maximum Gasteiger partial charge on any atom is 0.187 e. The monoisotopic (exact) mass is 1150 g/mol. The van der Waals surface area contributed by atoms with Gasteiger partial charge in [-0.15, -0.1) is 0 Å². The topological polar surface area (TPSA) is 410 Å². The predicted octanol–water partition coefficient (Wildman–Crippen LogP) is -9.04. The SMILES string of the molecule is OC[C@H]1O[C@@H]2O[C@H]3[C@@H]4O[C@@H]4[C@@H](O[C@H]4[C@@H]5O[C@@H]5[C@@H](O[C@H]5[C@@H]6O[C@@H]6[C@@H](O[C@H]6[C@@H]7O[C@@H]7[C@@H](O[C@H]7[C@@H]8O[C@@H]8[C@@H](O[C@H]8[C@@H]9O[C@@H]9[C@@H](O[C@H]9[C@@H]%10O[C@@H]%10[C@@H](O[C@H]1[C@@H]1O[C@H]21)O[C@@H]9CO)O[C@@H]8CO)O[C@@H]7CO)O[C@@H]6CO)O[C@@H]5CO)O[C@@H]4CO)O[C@@H]3CO. The molecule has 0 radical (unpaired) electrons. The van der Waals surface area contributed by atoms with Crippen LogP contribution in [0.2, 0.25) is 0 Å². The number of fused-ring (bicyclic) bond motifs is 1. The van der Waals surface area contributed by atoms with Crippen molar-refractivity contribution < 1.29 is 155 Å². The zero-order chi connectivity index (χ0) is 53.7. The molecule has 32 heteroatoms. The van der Waals surface area contributed by atoms with Crippen LogP contribution < -0.4 is 0 Å². The molecule has 0 spiro atoms. The summed E-state index contributed by atoms with van der Waals surface area (Å²) in [4.78, 5) is 0. The third-order valence-electron chi connectivity index (χ3n) is 18.4. The Balaban J connectivity index is 0.604. The van der Waals surface area contributed by atoms with E-state index in [9.17, 15) is 40.9 Å². The summed E-state index contributed by atoms with van der Waals surface area (Å²) >= 11 is 0. The Hall–Kier alpha value is -1.28. The Morgan fingerprint density at radius 1 is 0.125 bits per heavy atom. The van der Waals surface area contributed by atoms with Crippen LogP contribution in [0, 0.1) is 0 Å². The highest BCUT2D eigenvalue weighted by Crippen LogP contribution is 2.53. The summed E-state index contributed by atoms with van der Waals surface area (Å²) in [5.41, 5.74) is 0. The fourth-order valence-corrected chi connectivity index (χ4v) is 13.9. The lowest BCUT2D eigenvalue weighted by molar-refractivity contribution is -0.323. The molecule has 18 saturated heterocycles. The first kappa shape index (κ1) is 53.0. The Morgan fingerprint density at radius 2 is 0.237 bits per heavy atom. The van der Waals surface area contributed by atoms with Gasteiger partial charge in [-0.25, -0.2) is 0 Å². The third kappa shape index (κ3) is 8.87. The van der Waals surface area contributed by atoms with E-state index < -0.39 is 299 Å². The van der Waals surface area contributed by atoms with E-state index in [1.165, 1.54) is 0 Å². The van der Waals surface area contributed by atoms with E-state index >= 15 is 0 Å². The van der Waals surface area contributed by atoms with Gasteiger partial charge < -0.3 is 155 Å². The molecule has 16 bridgehead atoms. The van der Waals surface area contributed by atoms with Crippen LogP contribution in [0.4, 0.5) is 0 Å². The number of aliphatic hydroxyl groups is 8. The molecular formula is C48H64O32. The highest BCUT2D eigenvalue weighted by atomic mass is 16.9. The molecule has 40 atom stereocenters. The molecule has 0 aromatic heterocycles. The van der Waals surface area contributed by atoms with Gasteiger partial charge in [0.15, 0.2) is 50.3 Å².